The molecule has 0 aliphatic heterocycles. The van der Waals surface area contributed by atoms with E-state index in [1.165, 1.54) is 25.0 Å². The van der Waals surface area contributed by atoms with Gasteiger partial charge in [0.2, 0.25) is 0 Å². The van der Waals surface area contributed by atoms with Gasteiger partial charge in [0.1, 0.15) is 5.82 Å². The quantitative estimate of drug-likeness (QED) is 0.912. The lowest BCUT2D eigenvalue weighted by molar-refractivity contribution is 0.591. The van der Waals surface area contributed by atoms with Crippen LogP contribution < -0.4 is 5.32 Å². The average Bonchev–Trinajstić information content (AvgIpc) is 3.11. The average molecular weight is 280 g/mol. The summed E-state index contributed by atoms with van der Waals surface area (Å²) >= 11 is 6.04. The van der Waals surface area contributed by atoms with Gasteiger partial charge in [-0.15, -0.1) is 0 Å². The normalized spacial score (nSPS) is 14.8. The first-order valence-corrected chi connectivity index (χ1v) is 6.78. The number of nitrogens with one attached hydrogen (secondary N) is 1. The van der Waals surface area contributed by atoms with Gasteiger partial charge in [0.25, 0.3) is 0 Å². The number of hydrogen-bond donors (Lipinski definition) is 1. The summed E-state index contributed by atoms with van der Waals surface area (Å²) < 4.78 is 14.9. The summed E-state index contributed by atoms with van der Waals surface area (Å²) in [7, 11) is 0. The topological polar surface area (TPSA) is 29.9 Å². The van der Waals surface area contributed by atoms with E-state index < -0.39 is 0 Å². The van der Waals surface area contributed by atoms with Crippen LogP contribution in [-0.2, 0) is 13.1 Å². The zero-order valence-electron chi connectivity index (χ0n) is 10.4. The molecule has 1 heterocycles. The van der Waals surface area contributed by atoms with Gasteiger partial charge >= 0.3 is 0 Å². The summed E-state index contributed by atoms with van der Waals surface area (Å²) in [6, 6.07) is 7.12. The molecule has 0 atom stereocenters. The Balaban J connectivity index is 1.73. The molecule has 1 saturated carbocycles. The zero-order valence-corrected chi connectivity index (χ0v) is 11.2. The van der Waals surface area contributed by atoms with Crippen molar-refractivity contribution in [3.05, 3.63) is 52.6 Å². The van der Waals surface area contributed by atoms with Gasteiger partial charge in [-0.3, -0.25) is 4.68 Å². The summed E-state index contributed by atoms with van der Waals surface area (Å²) in [5.41, 5.74) is 1.99. The number of aromatic nitrogens is 2. The number of hydrogen-bond acceptors (Lipinski definition) is 2. The number of rotatable bonds is 5. The van der Waals surface area contributed by atoms with Crippen molar-refractivity contribution in [1.82, 2.24) is 15.1 Å². The molecule has 1 aromatic carbocycles. The summed E-state index contributed by atoms with van der Waals surface area (Å²) in [5.74, 6) is -0.315. The lowest BCUT2D eigenvalue weighted by Crippen LogP contribution is -2.19. The molecule has 1 aliphatic carbocycles. The monoisotopic (exact) mass is 279 g/mol. The van der Waals surface area contributed by atoms with E-state index in [4.69, 9.17) is 11.6 Å². The SMILES string of the molecule is Fc1ccc(Cn2nccc2CNC2CC2)c(Cl)c1. The maximum absolute atomic E-state index is 13.0. The fourth-order valence-electron chi connectivity index (χ4n) is 2.00. The molecule has 0 saturated heterocycles. The second-order valence-corrected chi connectivity index (χ2v) is 5.28. The lowest BCUT2D eigenvalue weighted by Gasteiger charge is -2.09. The van der Waals surface area contributed by atoms with Gasteiger partial charge in [-0.05, 0) is 36.6 Å². The maximum Gasteiger partial charge on any atom is 0.124 e. The van der Waals surface area contributed by atoms with Gasteiger partial charge in [0.15, 0.2) is 0 Å². The van der Waals surface area contributed by atoms with Gasteiger partial charge in [0, 0.05) is 23.8 Å². The van der Waals surface area contributed by atoms with Crippen LogP contribution in [0.2, 0.25) is 5.02 Å². The predicted octanol–water partition coefficient (Wildman–Crippen LogP) is 2.98. The van der Waals surface area contributed by atoms with Crippen LogP contribution in [0.5, 0.6) is 0 Å². The molecule has 1 aliphatic rings. The molecule has 0 bridgehead atoms. The molecular formula is C14H15ClFN3. The Morgan fingerprint density at radius 2 is 2.21 bits per heavy atom. The molecule has 0 unspecified atom stereocenters. The summed E-state index contributed by atoms with van der Waals surface area (Å²) in [6.07, 6.45) is 4.30. The van der Waals surface area contributed by atoms with Gasteiger partial charge in [0.05, 0.1) is 12.2 Å². The van der Waals surface area contributed by atoms with Crippen LogP contribution >= 0.6 is 11.6 Å². The van der Waals surface area contributed by atoms with Crippen molar-refractivity contribution in [1.29, 1.82) is 0 Å². The van der Waals surface area contributed by atoms with Crippen molar-refractivity contribution in [2.45, 2.75) is 32.0 Å². The highest BCUT2D eigenvalue weighted by atomic mass is 35.5. The standard InChI is InChI=1S/C14H15ClFN3/c15-14-7-11(16)2-1-10(14)9-19-13(5-6-18-19)8-17-12-3-4-12/h1-2,5-7,12,17H,3-4,8-9H2. The van der Waals surface area contributed by atoms with Crippen LogP contribution in [0.4, 0.5) is 4.39 Å². The van der Waals surface area contributed by atoms with E-state index in [1.54, 1.807) is 12.3 Å². The second kappa shape index (κ2) is 5.31. The van der Waals surface area contributed by atoms with Crippen LogP contribution in [0.3, 0.4) is 0 Å². The van der Waals surface area contributed by atoms with E-state index in [9.17, 15) is 4.39 Å². The van der Waals surface area contributed by atoms with Crippen molar-refractivity contribution in [3.63, 3.8) is 0 Å². The van der Waals surface area contributed by atoms with Crippen LogP contribution in [0, 0.1) is 5.82 Å². The smallest absolute Gasteiger partial charge is 0.124 e. The molecule has 0 amide bonds. The Hall–Kier alpha value is -1.39. The minimum atomic E-state index is -0.315. The van der Waals surface area contributed by atoms with Crippen LogP contribution in [-0.4, -0.2) is 15.8 Å². The molecule has 1 N–H and O–H groups in total. The van der Waals surface area contributed by atoms with Crippen molar-refractivity contribution >= 4 is 11.6 Å². The maximum atomic E-state index is 13.0. The third kappa shape index (κ3) is 3.14. The minimum absolute atomic E-state index is 0.315. The van der Waals surface area contributed by atoms with Gasteiger partial charge in [-0.25, -0.2) is 4.39 Å². The molecule has 0 spiro atoms. The Kier molecular flexibility index (Phi) is 3.53. The molecule has 3 rings (SSSR count). The first-order valence-electron chi connectivity index (χ1n) is 6.40. The molecule has 0 radical (unpaired) electrons. The molecule has 1 fully saturated rings. The number of nitrogens with zero attached hydrogens (tertiary/aromatic N) is 2. The van der Waals surface area contributed by atoms with E-state index in [2.05, 4.69) is 10.4 Å². The number of halogens is 2. The van der Waals surface area contributed by atoms with Crippen molar-refractivity contribution in [3.8, 4) is 0 Å². The Morgan fingerprint density at radius 1 is 1.37 bits per heavy atom. The third-order valence-corrected chi connectivity index (χ3v) is 3.64. The Morgan fingerprint density at radius 3 is 2.95 bits per heavy atom. The highest BCUT2D eigenvalue weighted by Crippen LogP contribution is 2.20. The molecule has 100 valence electrons. The fourth-order valence-corrected chi connectivity index (χ4v) is 2.23. The predicted molar refractivity (Wildman–Crippen MR) is 72.6 cm³/mol. The van der Waals surface area contributed by atoms with E-state index >= 15 is 0 Å². The first-order chi connectivity index (χ1) is 9.22. The number of benzene rings is 1. The van der Waals surface area contributed by atoms with E-state index in [1.807, 2.05) is 10.7 Å². The van der Waals surface area contributed by atoms with Crippen LogP contribution in [0.15, 0.2) is 30.5 Å². The minimum Gasteiger partial charge on any atom is -0.308 e. The molecule has 1 aromatic heterocycles. The van der Waals surface area contributed by atoms with Crippen LogP contribution in [0.1, 0.15) is 24.1 Å². The van der Waals surface area contributed by atoms with Crippen molar-refractivity contribution in [2.24, 2.45) is 0 Å². The van der Waals surface area contributed by atoms with E-state index in [0.29, 0.717) is 17.6 Å². The summed E-state index contributed by atoms with van der Waals surface area (Å²) in [5, 5.41) is 8.19. The first kappa shape index (κ1) is 12.6. The molecule has 3 nitrogen and oxygen atoms in total. The van der Waals surface area contributed by atoms with Gasteiger partial charge < -0.3 is 5.32 Å². The summed E-state index contributed by atoms with van der Waals surface area (Å²) in [6.45, 7) is 1.37. The van der Waals surface area contributed by atoms with E-state index in [-0.39, 0.29) is 5.82 Å². The molecule has 2 aromatic rings. The van der Waals surface area contributed by atoms with Crippen molar-refractivity contribution in [2.75, 3.05) is 0 Å². The fraction of sp³-hybridized carbons (Fsp3) is 0.357. The molecular weight excluding hydrogens is 265 g/mol. The highest BCUT2D eigenvalue weighted by molar-refractivity contribution is 6.31. The molecule has 5 heteroatoms. The van der Waals surface area contributed by atoms with Gasteiger partial charge in [-0.2, -0.15) is 5.10 Å². The summed E-state index contributed by atoms with van der Waals surface area (Å²) in [4.78, 5) is 0. The van der Waals surface area contributed by atoms with Crippen molar-refractivity contribution < 1.29 is 4.39 Å². The second-order valence-electron chi connectivity index (χ2n) is 4.87. The lowest BCUT2D eigenvalue weighted by atomic mass is 10.2. The third-order valence-electron chi connectivity index (χ3n) is 3.29. The van der Waals surface area contributed by atoms with Gasteiger partial charge in [-0.1, -0.05) is 17.7 Å². The molecule has 19 heavy (non-hydrogen) atoms. The Bertz CT molecular complexity index is 578. The Labute approximate surface area is 116 Å². The van der Waals surface area contributed by atoms with Crippen LogP contribution in [0.25, 0.3) is 0 Å². The van der Waals surface area contributed by atoms with E-state index in [0.717, 1.165) is 17.8 Å². The zero-order chi connectivity index (χ0) is 13.2. The highest BCUT2D eigenvalue weighted by Gasteiger charge is 2.20. The largest absolute Gasteiger partial charge is 0.308 e.